The SMILES string of the molecule is CC(=O)Oc1cc2c(c3c(C)csc13)CCN2C(=O)CCCC(=O)N1C[C@H](CCl)c2c1cc(OC(C)=O)c1scc(C)c21. The van der Waals surface area contributed by atoms with Gasteiger partial charge in [0.2, 0.25) is 11.8 Å². The predicted octanol–water partition coefficient (Wildman–Crippen LogP) is 7.01. The topological polar surface area (TPSA) is 93.2 Å². The lowest BCUT2D eigenvalue weighted by Crippen LogP contribution is -2.31. The van der Waals surface area contributed by atoms with Gasteiger partial charge in [0.1, 0.15) is 0 Å². The lowest BCUT2D eigenvalue weighted by Gasteiger charge is -2.20. The minimum absolute atomic E-state index is 0.0469. The van der Waals surface area contributed by atoms with Gasteiger partial charge in [-0.1, -0.05) is 0 Å². The number of carbonyl (C=O) groups is 4. The summed E-state index contributed by atoms with van der Waals surface area (Å²) in [5.74, 6) is 0.225. The van der Waals surface area contributed by atoms with Gasteiger partial charge in [-0.15, -0.1) is 34.3 Å². The number of hydrogen-bond acceptors (Lipinski definition) is 8. The molecule has 0 spiro atoms. The van der Waals surface area contributed by atoms with Crippen LogP contribution < -0.4 is 19.3 Å². The Labute approximate surface area is 262 Å². The Hall–Kier alpha value is -3.47. The number of benzene rings is 2. The molecule has 0 saturated heterocycles. The molecule has 8 nitrogen and oxygen atoms in total. The molecule has 2 aromatic carbocycles. The molecule has 11 heteroatoms. The van der Waals surface area contributed by atoms with E-state index in [0.717, 1.165) is 54.5 Å². The molecule has 2 aromatic heterocycles. The number of esters is 2. The monoisotopic (exact) mass is 638 g/mol. The van der Waals surface area contributed by atoms with Gasteiger partial charge >= 0.3 is 11.9 Å². The van der Waals surface area contributed by atoms with Crippen molar-refractivity contribution in [2.45, 2.75) is 59.3 Å². The quantitative estimate of drug-likeness (QED) is 0.123. The number of nitrogens with zero attached hydrogens (tertiary/aromatic N) is 2. The van der Waals surface area contributed by atoms with Crippen LogP contribution in [0.25, 0.3) is 20.2 Å². The zero-order valence-corrected chi connectivity index (χ0v) is 26.8. The fraction of sp³-hybridized carbons (Fsp3) is 0.375. The van der Waals surface area contributed by atoms with Crippen molar-refractivity contribution in [3.05, 3.63) is 45.1 Å². The highest BCUT2D eigenvalue weighted by Crippen LogP contribution is 2.49. The van der Waals surface area contributed by atoms with Gasteiger partial charge in [-0.25, -0.2) is 0 Å². The van der Waals surface area contributed by atoms with Crippen molar-refractivity contribution in [2.75, 3.05) is 28.8 Å². The van der Waals surface area contributed by atoms with Gasteiger partial charge in [-0.05, 0) is 59.7 Å². The Morgan fingerprint density at radius 2 is 1.42 bits per heavy atom. The number of anilines is 2. The highest BCUT2D eigenvalue weighted by Gasteiger charge is 2.36. The number of amides is 2. The van der Waals surface area contributed by atoms with Crippen molar-refractivity contribution in [2.24, 2.45) is 0 Å². The minimum Gasteiger partial charge on any atom is -0.425 e. The van der Waals surface area contributed by atoms with Crippen molar-refractivity contribution in [1.29, 1.82) is 0 Å². The van der Waals surface area contributed by atoms with E-state index in [1.54, 1.807) is 21.9 Å². The van der Waals surface area contributed by atoms with Crippen molar-refractivity contribution < 1.29 is 28.7 Å². The highest BCUT2D eigenvalue weighted by molar-refractivity contribution is 7.18. The third-order valence-corrected chi connectivity index (χ3v) is 10.7. The van der Waals surface area contributed by atoms with Gasteiger partial charge in [0, 0.05) is 74.5 Å². The van der Waals surface area contributed by atoms with E-state index in [-0.39, 0.29) is 30.6 Å². The largest absolute Gasteiger partial charge is 0.425 e. The number of carbonyl (C=O) groups excluding carboxylic acids is 4. The molecule has 0 unspecified atom stereocenters. The molecule has 0 saturated carbocycles. The molecule has 4 aromatic rings. The number of aryl methyl sites for hydroxylation is 2. The average molecular weight is 639 g/mol. The van der Waals surface area contributed by atoms with Crippen LogP contribution >= 0.6 is 34.3 Å². The summed E-state index contributed by atoms with van der Waals surface area (Å²) in [4.78, 5) is 54.1. The van der Waals surface area contributed by atoms with Gasteiger partial charge in [-0.3, -0.25) is 19.2 Å². The number of thiophene rings is 2. The summed E-state index contributed by atoms with van der Waals surface area (Å²) >= 11 is 9.43. The third kappa shape index (κ3) is 5.19. The van der Waals surface area contributed by atoms with Gasteiger partial charge in [0.15, 0.2) is 11.5 Å². The zero-order valence-electron chi connectivity index (χ0n) is 24.4. The molecule has 0 bridgehead atoms. The predicted molar refractivity (Wildman–Crippen MR) is 171 cm³/mol. The van der Waals surface area contributed by atoms with E-state index in [9.17, 15) is 19.2 Å². The number of halogens is 1. The molecule has 224 valence electrons. The van der Waals surface area contributed by atoms with Gasteiger partial charge in [0.05, 0.1) is 20.8 Å². The van der Waals surface area contributed by atoms with Crippen molar-refractivity contribution in [1.82, 2.24) is 0 Å². The Morgan fingerprint density at radius 1 is 0.860 bits per heavy atom. The fourth-order valence-electron chi connectivity index (χ4n) is 6.39. The lowest BCUT2D eigenvalue weighted by atomic mass is 9.97. The second-order valence-corrected chi connectivity index (χ2v) is 13.2. The summed E-state index contributed by atoms with van der Waals surface area (Å²) in [7, 11) is 0. The van der Waals surface area contributed by atoms with Crippen LogP contribution in [-0.2, 0) is 25.6 Å². The molecule has 2 amide bonds. The second-order valence-electron chi connectivity index (χ2n) is 11.1. The summed E-state index contributed by atoms with van der Waals surface area (Å²) in [6, 6.07) is 3.58. The summed E-state index contributed by atoms with van der Waals surface area (Å²) < 4.78 is 12.8. The van der Waals surface area contributed by atoms with E-state index in [1.165, 1.54) is 36.5 Å². The molecule has 43 heavy (non-hydrogen) atoms. The van der Waals surface area contributed by atoms with Crippen LogP contribution in [0.2, 0.25) is 0 Å². The van der Waals surface area contributed by atoms with Crippen molar-refractivity contribution >= 4 is 89.6 Å². The first-order valence-electron chi connectivity index (χ1n) is 14.2. The Kier molecular flexibility index (Phi) is 7.95. The number of hydrogen-bond donors (Lipinski definition) is 0. The Balaban J connectivity index is 1.20. The molecule has 0 fully saturated rings. The summed E-state index contributed by atoms with van der Waals surface area (Å²) in [5.41, 5.74) is 5.74. The van der Waals surface area contributed by atoms with Crippen molar-refractivity contribution in [3.8, 4) is 11.5 Å². The van der Waals surface area contributed by atoms with E-state index >= 15 is 0 Å². The standard InChI is InChI=1S/C32H31ClN2O6S2/c1-16-14-42-31-24(40-18(3)36)10-22-21(28(16)31)8-9-34(22)26(38)6-5-7-27(39)35-13-20(12-33)30-23(35)11-25(41-19(4)37)32-29(30)17(2)15-43-32/h10-11,14-15,20H,5-9,12-13H2,1-4H3/t20-/m0/s1. The van der Waals surface area contributed by atoms with Gasteiger partial charge in [-0.2, -0.15) is 0 Å². The summed E-state index contributed by atoms with van der Waals surface area (Å²) in [6.45, 7) is 7.75. The number of alkyl halides is 1. The molecule has 2 aliphatic rings. The first-order chi connectivity index (χ1) is 20.6. The van der Waals surface area contributed by atoms with Crippen molar-refractivity contribution in [3.63, 3.8) is 0 Å². The number of rotatable bonds is 7. The van der Waals surface area contributed by atoms with Crippen LogP contribution in [0.5, 0.6) is 11.5 Å². The number of ether oxygens (including phenoxy) is 2. The minimum atomic E-state index is -0.422. The molecule has 0 aliphatic carbocycles. The fourth-order valence-corrected chi connectivity index (χ4v) is 8.69. The van der Waals surface area contributed by atoms with E-state index in [4.69, 9.17) is 21.1 Å². The van der Waals surface area contributed by atoms with E-state index < -0.39 is 11.9 Å². The molecule has 4 heterocycles. The maximum absolute atomic E-state index is 13.6. The first-order valence-corrected chi connectivity index (χ1v) is 16.5. The summed E-state index contributed by atoms with van der Waals surface area (Å²) in [5, 5.41) is 6.11. The molecule has 0 radical (unpaired) electrons. The van der Waals surface area contributed by atoms with Crippen LogP contribution in [0.3, 0.4) is 0 Å². The van der Waals surface area contributed by atoms with E-state index in [1.807, 2.05) is 24.6 Å². The smallest absolute Gasteiger partial charge is 0.308 e. The van der Waals surface area contributed by atoms with Crippen LogP contribution in [0, 0.1) is 13.8 Å². The zero-order chi connectivity index (χ0) is 30.6. The maximum Gasteiger partial charge on any atom is 0.308 e. The first kappa shape index (κ1) is 29.6. The Morgan fingerprint density at radius 3 is 2.02 bits per heavy atom. The number of fused-ring (bicyclic) bond motifs is 6. The van der Waals surface area contributed by atoms with Crippen LogP contribution in [0.4, 0.5) is 11.4 Å². The van der Waals surface area contributed by atoms with Gasteiger partial charge in [0.25, 0.3) is 0 Å². The highest BCUT2D eigenvalue weighted by atomic mass is 35.5. The van der Waals surface area contributed by atoms with Crippen LogP contribution in [0.1, 0.15) is 61.3 Å². The van der Waals surface area contributed by atoms with E-state index in [0.29, 0.717) is 42.6 Å². The lowest BCUT2D eigenvalue weighted by molar-refractivity contribution is -0.132. The van der Waals surface area contributed by atoms with E-state index in [2.05, 4.69) is 0 Å². The summed E-state index contributed by atoms with van der Waals surface area (Å²) in [6.07, 6.45) is 1.50. The molecular weight excluding hydrogens is 608 g/mol. The Bertz CT molecular complexity index is 1830. The maximum atomic E-state index is 13.6. The van der Waals surface area contributed by atoms with Crippen LogP contribution in [0.15, 0.2) is 22.9 Å². The van der Waals surface area contributed by atoms with Crippen LogP contribution in [-0.4, -0.2) is 42.7 Å². The molecule has 2 aliphatic heterocycles. The average Bonchev–Trinajstić information content (AvgIpc) is 3.72. The molecule has 1 atom stereocenters. The van der Waals surface area contributed by atoms with Gasteiger partial charge < -0.3 is 19.3 Å². The normalized spacial score (nSPS) is 15.7. The molecule has 0 N–H and O–H groups in total. The second kappa shape index (κ2) is 11.6. The molecular formula is C32H31ClN2O6S2. The molecule has 6 rings (SSSR count). The third-order valence-electron chi connectivity index (χ3n) is 8.14.